The van der Waals surface area contributed by atoms with Crippen LogP contribution in [0.1, 0.15) is 0 Å². The maximum atomic E-state index is 8.55. The monoisotopic (exact) mass is 279 g/mol. The minimum Gasteiger partial charge on any atom is -0.870 e. The summed E-state index contributed by atoms with van der Waals surface area (Å²) in [7, 11) is -5.39. The molecule has 0 rings (SSSR count). The van der Waals surface area contributed by atoms with Crippen LogP contribution in [0.25, 0.3) is 0 Å². The summed E-state index contributed by atoms with van der Waals surface area (Å²) < 4.78 is 8.55. The molecule has 0 amide bonds. The van der Waals surface area contributed by atoms with Crippen molar-refractivity contribution in [1.29, 1.82) is 0 Å². The van der Waals surface area contributed by atoms with Crippen molar-refractivity contribution in [2.24, 2.45) is 0 Å². The van der Waals surface area contributed by atoms with E-state index in [0.29, 0.717) is 0 Å². The zero-order chi connectivity index (χ0) is 4.50. The van der Waals surface area contributed by atoms with Crippen LogP contribution in [0.3, 0.4) is 0 Å². The molecule has 0 aromatic rings. The van der Waals surface area contributed by atoms with E-state index in [0.717, 1.165) is 0 Å². The molecule has 5 nitrogen and oxygen atoms in total. The topological polar surface area (TPSA) is 116 Å². The largest absolute Gasteiger partial charge is 3.00 e. The summed E-state index contributed by atoms with van der Waals surface area (Å²) >= 11 is 0. The molecule has 0 saturated carbocycles. The van der Waals surface area contributed by atoms with Crippen molar-refractivity contribution in [3.8, 4) is 0 Å². The van der Waals surface area contributed by atoms with Gasteiger partial charge in [-0.3, -0.25) is 0 Å². The molecule has 0 unspecified atom stereocenters. The van der Waals surface area contributed by atoms with E-state index in [1.807, 2.05) is 0 Å². The van der Waals surface area contributed by atoms with Crippen molar-refractivity contribution in [2.45, 2.75) is 0 Å². The van der Waals surface area contributed by atoms with E-state index in [4.69, 9.17) is 19.2 Å². The molecule has 0 aliphatic heterocycles. The van der Waals surface area contributed by atoms with E-state index in [1.165, 1.54) is 0 Å². The predicted octanol–water partition coefficient (Wildman–Crippen LogP) is -3.38. The molecule has 1 N–H and O–H groups in total. The average Bonchev–Trinajstić information content (AvgIpc) is 0.722. The molecule has 0 spiro atoms. The first kappa shape index (κ1) is 22.5. The maximum Gasteiger partial charge on any atom is 3.00 e. The molecule has 0 aromatic heterocycles. The van der Waals surface area contributed by atoms with Crippen LogP contribution < -0.4 is 14.7 Å². The van der Waals surface area contributed by atoms with E-state index >= 15 is 0 Å². The summed E-state index contributed by atoms with van der Waals surface area (Å²) in [6.07, 6.45) is 0. The first-order valence-corrected chi connectivity index (χ1v) is 2.19. The van der Waals surface area contributed by atoms with Gasteiger partial charge < -0.3 is 24.7 Å². The second-order valence-electron chi connectivity index (χ2n) is 0.447. The Morgan fingerprint density at radius 2 is 1.12 bits per heavy atom. The van der Waals surface area contributed by atoms with Gasteiger partial charge >= 0.3 is 59.1 Å². The van der Waals surface area contributed by atoms with Crippen LogP contribution in [-0.4, -0.2) is 22.8 Å². The van der Waals surface area contributed by atoms with Gasteiger partial charge in [0.25, 0.3) is 0 Å². The van der Waals surface area contributed by atoms with Crippen LogP contribution >= 0.6 is 7.82 Å². The minimum absolute atomic E-state index is 0. The quantitative estimate of drug-likeness (QED) is 0.339. The standard InChI is InChI=1S/Al.Ce.H3O4P.H2O/c;;1-5(2,3)4;/h;;(H3,1,2,3,4);1H2/q2*+3;;/p-4. The van der Waals surface area contributed by atoms with Gasteiger partial charge in [-0.2, -0.15) is 7.82 Å². The van der Waals surface area contributed by atoms with Crippen molar-refractivity contribution in [3.05, 3.63) is 0 Å². The van der Waals surface area contributed by atoms with Crippen molar-refractivity contribution in [2.75, 3.05) is 0 Å². The molecule has 0 heterocycles. The van der Waals surface area contributed by atoms with Gasteiger partial charge in [-0.25, -0.2) is 0 Å². The van der Waals surface area contributed by atoms with Gasteiger partial charge in [-0.1, -0.05) is 0 Å². The Bertz CT molecular complexity index is 58.6. The fourth-order valence-corrected chi connectivity index (χ4v) is 0. The normalized spacial score (nSPS) is 7.38. The fraction of sp³-hybridized carbons (Fsp3) is 0. The summed E-state index contributed by atoms with van der Waals surface area (Å²) in [5.41, 5.74) is 0. The molecule has 0 bridgehead atoms. The zero-order valence-corrected chi connectivity index (χ0v) is 8.79. The van der Waals surface area contributed by atoms with Crippen LogP contribution in [0.5, 0.6) is 0 Å². The van der Waals surface area contributed by atoms with Gasteiger partial charge in [-0.05, 0) is 0 Å². The Balaban J connectivity index is -0.0000000267. The first-order valence-electron chi connectivity index (χ1n) is 0.730. The molecule has 0 atom stereocenters. The Morgan fingerprint density at radius 3 is 1.12 bits per heavy atom. The third-order valence-electron chi connectivity index (χ3n) is 0. The SMILES string of the molecule is O=P([O-])([O-])[O-].[Al+3].[Ce+3].[OH-]. The molecule has 41 valence electrons. The van der Waals surface area contributed by atoms with E-state index in [1.54, 1.807) is 0 Å². The summed E-state index contributed by atoms with van der Waals surface area (Å²) in [4.78, 5) is 25.6. The molecular weight excluding hydrogens is 278 g/mol. The van der Waals surface area contributed by atoms with Crippen LogP contribution in [0, 0.1) is 41.7 Å². The zero-order valence-electron chi connectivity index (χ0n) is 3.60. The number of hydrogen-bond acceptors (Lipinski definition) is 5. The summed E-state index contributed by atoms with van der Waals surface area (Å²) in [6.45, 7) is 0. The van der Waals surface area contributed by atoms with Gasteiger partial charge in [-0.15, -0.1) is 0 Å². The van der Waals surface area contributed by atoms with Gasteiger partial charge in [0, 0.05) is 0 Å². The molecule has 1 radical (unpaired) electrons. The van der Waals surface area contributed by atoms with Crippen molar-refractivity contribution in [3.63, 3.8) is 0 Å². The third kappa shape index (κ3) is 99.2. The number of phosphoric acid groups is 1. The Kier molecular flexibility index (Phi) is 25.3. The predicted molar refractivity (Wildman–Crippen MR) is 15.3 cm³/mol. The van der Waals surface area contributed by atoms with Gasteiger partial charge in [0.2, 0.25) is 0 Å². The van der Waals surface area contributed by atoms with Crippen LogP contribution in [0.2, 0.25) is 0 Å². The summed E-state index contributed by atoms with van der Waals surface area (Å²) in [6, 6.07) is 0. The van der Waals surface area contributed by atoms with Crippen molar-refractivity contribution < 1.29 is 66.5 Å². The molecule has 0 fully saturated rings. The van der Waals surface area contributed by atoms with E-state index < -0.39 is 7.82 Å². The van der Waals surface area contributed by atoms with E-state index in [2.05, 4.69) is 0 Å². The number of rotatable bonds is 0. The average molecular weight is 279 g/mol. The molecule has 8 heavy (non-hydrogen) atoms. The molecule has 0 aliphatic rings. The Hall–Kier alpha value is 1.98. The second-order valence-corrected chi connectivity index (χ2v) is 1.34. The molecule has 0 saturated heterocycles. The van der Waals surface area contributed by atoms with Gasteiger partial charge in [0.05, 0.1) is 0 Å². The Morgan fingerprint density at radius 1 is 1.12 bits per heavy atom. The maximum absolute atomic E-state index is 8.55. The van der Waals surface area contributed by atoms with Crippen LogP contribution in [0.4, 0.5) is 0 Å². The minimum atomic E-state index is -5.39. The third-order valence-corrected chi connectivity index (χ3v) is 0. The van der Waals surface area contributed by atoms with E-state index in [-0.39, 0.29) is 64.6 Å². The van der Waals surface area contributed by atoms with E-state index in [9.17, 15) is 0 Å². The second kappa shape index (κ2) is 8.98. The first-order chi connectivity index (χ1) is 2.00. The number of hydrogen-bond donors (Lipinski definition) is 0. The smallest absolute Gasteiger partial charge is 0.870 e. The summed E-state index contributed by atoms with van der Waals surface area (Å²) in [5, 5.41) is 0. The Labute approximate surface area is 90.5 Å². The van der Waals surface area contributed by atoms with Gasteiger partial charge in [0.15, 0.2) is 0 Å². The van der Waals surface area contributed by atoms with Crippen LogP contribution in [-0.2, 0) is 4.57 Å². The van der Waals surface area contributed by atoms with Crippen LogP contribution in [0.15, 0.2) is 0 Å². The van der Waals surface area contributed by atoms with Gasteiger partial charge in [0.1, 0.15) is 0 Å². The van der Waals surface area contributed by atoms with Crippen molar-refractivity contribution >= 4 is 25.2 Å². The molecule has 8 heteroatoms. The van der Waals surface area contributed by atoms with Crippen molar-refractivity contribution in [1.82, 2.24) is 0 Å². The molecule has 0 aromatic carbocycles. The molecular formula is HAlCeO5P+2. The summed E-state index contributed by atoms with van der Waals surface area (Å²) in [5.74, 6) is 0. The molecule has 0 aliphatic carbocycles. The fourth-order valence-electron chi connectivity index (χ4n) is 0.